The average molecular weight is 384 g/mol. The number of carbonyl (C=O) groups is 1. The zero-order valence-corrected chi connectivity index (χ0v) is 13.3. The number of benzene rings is 1. The van der Waals surface area contributed by atoms with E-state index in [1.54, 1.807) is 0 Å². The first-order chi connectivity index (χ1) is 9.13. The molecule has 0 spiro atoms. The van der Waals surface area contributed by atoms with Gasteiger partial charge in [-0.05, 0) is 45.8 Å². The van der Waals surface area contributed by atoms with E-state index in [4.69, 9.17) is 0 Å². The largest absolute Gasteiger partial charge is 0.353 e. The second kappa shape index (κ2) is 5.13. The summed E-state index contributed by atoms with van der Waals surface area (Å²) in [5, 5.41) is 0. The second-order valence-corrected chi connectivity index (χ2v) is 6.38. The molecular formula is C14H12Br2N2O. The number of aromatic amines is 1. The molecule has 1 aromatic carbocycles. The van der Waals surface area contributed by atoms with Crippen molar-refractivity contribution in [2.24, 2.45) is 0 Å². The molecule has 2 aromatic rings. The molecule has 0 unspecified atom stereocenters. The Hall–Kier alpha value is -1.07. The molecule has 0 atom stereocenters. The van der Waals surface area contributed by atoms with Gasteiger partial charge in [0.25, 0.3) is 5.91 Å². The first-order valence-corrected chi connectivity index (χ1v) is 7.63. The number of rotatable bonds is 1. The van der Waals surface area contributed by atoms with Gasteiger partial charge in [0.15, 0.2) is 0 Å². The van der Waals surface area contributed by atoms with Crippen LogP contribution in [0.25, 0.3) is 0 Å². The van der Waals surface area contributed by atoms with Gasteiger partial charge < -0.3 is 9.88 Å². The van der Waals surface area contributed by atoms with Crippen molar-refractivity contribution in [2.75, 3.05) is 6.54 Å². The molecule has 0 bridgehead atoms. The Morgan fingerprint density at radius 3 is 2.89 bits per heavy atom. The minimum absolute atomic E-state index is 0.0873. The lowest BCUT2D eigenvalue weighted by atomic mass is 10.1. The summed E-state index contributed by atoms with van der Waals surface area (Å²) in [4.78, 5) is 17.6. The Bertz CT molecular complexity index is 636. The predicted octanol–water partition coefficient (Wildman–Crippen LogP) is 3.74. The van der Waals surface area contributed by atoms with Crippen LogP contribution in [0, 0.1) is 0 Å². The van der Waals surface area contributed by atoms with Crippen molar-refractivity contribution in [3.8, 4) is 0 Å². The summed E-state index contributed by atoms with van der Waals surface area (Å²) >= 11 is 6.84. The lowest BCUT2D eigenvalue weighted by Crippen LogP contribution is -2.35. The molecule has 3 rings (SSSR count). The molecule has 0 aliphatic carbocycles. The summed E-state index contributed by atoms with van der Waals surface area (Å²) in [5.74, 6) is 0.0873. The third-order valence-electron chi connectivity index (χ3n) is 3.31. The highest BCUT2D eigenvalue weighted by Gasteiger charge is 2.23. The van der Waals surface area contributed by atoms with Gasteiger partial charge in [0.1, 0.15) is 0 Å². The van der Waals surface area contributed by atoms with Gasteiger partial charge in [-0.2, -0.15) is 0 Å². The standard InChI is InChI=1S/C14H12Br2N2O/c15-11-3-1-2-9(6-11)14(19)18-5-4-12-10(8-18)7-13(16)17-12/h1-3,6-7,17H,4-5,8H2. The van der Waals surface area contributed by atoms with Crippen molar-refractivity contribution in [3.63, 3.8) is 0 Å². The molecule has 5 heteroatoms. The van der Waals surface area contributed by atoms with E-state index < -0.39 is 0 Å². The van der Waals surface area contributed by atoms with E-state index in [2.05, 4.69) is 42.9 Å². The predicted molar refractivity (Wildman–Crippen MR) is 81.1 cm³/mol. The van der Waals surface area contributed by atoms with Crippen molar-refractivity contribution in [2.45, 2.75) is 13.0 Å². The molecule has 19 heavy (non-hydrogen) atoms. The fourth-order valence-corrected chi connectivity index (χ4v) is 3.29. The van der Waals surface area contributed by atoms with Crippen LogP contribution in [-0.2, 0) is 13.0 Å². The van der Waals surface area contributed by atoms with Crippen LogP contribution in [0.1, 0.15) is 21.6 Å². The summed E-state index contributed by atoms with van der Waals surface area (Å²) < 4.78 is 1.91. The van der Waals surface area contributed by atoms with Crippen LogP contribution in [0.2, 0.25) is 0 Å². The Kier molecular flexibility index (Phi) is 3.50. The quantitative estimate of drug-likeness (QED) is 0.799. The third-order valence-corrected chi connectivity index (χ3v) is 4.23. The fourth-order valence-electron chi connectivity index (χ4n) is 2.37. The lowest BCUT2D eigenvalue weighted by molar-refractivity contribution is 0.0734. The highest BCUT2D eigenvalue weighted by molar-refractivity contribution is 9.10. The molecule has 0 saturated heterocycles. The van der Waals surface area contributed by atoms with Crippen LogP contribution in [0.4, 0.5) is 0 Å². The SMILES string of the molecule is O=C(c1cccc(Br)c1)N1CCc2[nH]c(Br)cc2C1. The van der Waals surface area contributed by atoms with E-state index in [9.17, 15) is 4.79 Å². The molecule has 2 heterocycles. The van der Waals surface area contributed by atoms with Gasteiger partial charge in [-0.15, -0.1) is 0 Å². The molecule has 0 saturated carbocycles. The zero-order valence-electron chi connectivity index (χ0n) is 10.1. The van der Waals surface area contributed by atoms with E-state index in [0.29, 0.717) is 6.54 Å². The maximum absolute atomic E-state index is 12.5. The Balaban J connectivity index is 1.83. The van der Waals surface area contributed by atoms with Crippen molar-refractivity contribution >= 4 is 37.8 Å². The molecule has 98 valence electrons. The maximum atomic E-state index is 12.5. The number of hydrogen-bond acceptors (Lipinski definition) is 1. The van der Waals surface area contributed by atoms with Gasteiger partial charge in [-0.1, -0.05) is 22.0 Å². The van der Waals surface area contributed by atoms with E-state index in [1.165, 1.54) is 11.3 Å². The van der Waals surface area contributed by atoms with E-state index in [-0.39, 0.29) is 5.91 Å². The van der Waals surface area contributed by atoms with Gasteiger partial charge in [0.2, 0.25) is 0 Å². The third kappa shape index (κ3) is 2.62. The molecule has 3 nitrogen and oxygen atoms in total. The van der Waals surface area contributed by atoms with Gasteiger partial charge in [0.05, 0.1) is 4.60 Å². The zero-order chi connectivity index (χ0) is 13.4. The van der Waals surface area contributed by atoms with Crippen LogP contribution in [-0.4, -0.2) is 22.3 Å². The molecule has 1 aliphatic heterocycles. The number of nitrogens with one attached hydrogen (secondary N) is 1. The average Bonchev–Trinajstić information content (AvgIpc) is 2.76. The second-order valence-electron chi connectivity index (χ2n) is 4.61. The number of amides is 1. The summed E-state index contributed by atoms with van der Waals surface area (Å²) in [6.45, 7) is 1.42. The summed E-state index contributed by atoms with van der Waals surface area (Å²) in [6, 6.07) is 9.59. The number of halogens is 2. The number of carbonyl (C=O) groups excluding carboxylic acids is 1. The summed E-state index contributed by atoms with van der Waals surface area (Å²) in [7, 11) is 0. The minimum Gasteiger partial charge on any atom is -0.353 e. The van der Waals surface area contributed by atoms with E-state index in [0.717, 1.165) is 27.6 Å². The molecule has 1 amide bonds. The van der Waals surface area contributed by atoms with Crippen molar-refractivity contribution < 1.29 is 4.79 Å². The molecule has 1 N–H and O–H groups in total. The smallest absolute Gasteiger partial charge is 0.254 e. The first-order valence-electron chi connectivity index (χ1n) is 6.04. The molecule has 0 radical (unpaired) electrons. The van der Waals surface area contributed by atoms with Gasteiger partial charge in [0, 0.05) is 35.2 Å². The molecule has 1 aromatic heterocycles. The summed E-state index contributed by atoms with van der Waals surface area (Å²) in [5.41, 5.74) is 3.15. The van der Waals surface area contributed by atoms with Gasteiger partial charge in [-0.25, -0.2) is 0 Å². The Labute approximate surface area is 128 Å². The van der Waals surface area contributed by atoms with Crippen molar-refractivity contribution in [3.05, 3.63) is 56.2 Å². The van der Waals surface area contributed by atoms with Crippen LogP contribution in [0.3, 0.4) is 0 Å². The number of fused-ring (bicyclic) bond motifs is 1. The Morgan fingerprint density at radius 2 is 2.11 bits per heavy atom. The fraction of sp³-hybridized carbons (Fsp3) is 0.214. The number of hydrogen-bond donors (Lipinski definition) is 1. The molecule has 0 fully saturated rings. The van der Waals surface area contributed by atoms with Gasteiger partial charge >= 0.3 is 0 Å². The minimum atomic E-state index is 0.0873. The van der Waals surface area contributed by atoms with Crippen LogP contribution in [0.15, 0.2) is 39.4 Å². The highest BCUT2D eigenvalue weighted by Crippen LogP contribution is 2.24. The maximum Gasteiger partial charge on any atom is 0.254 e. The van der Waals surface area contributed by atoms with E-state index >= 15 is 0 Å². The normalized spacial score (nSPS) is 14.3. The topological polar surface area (TPSA) is 36.1 Å². The molecule has 1 aliphatic rings. The number of H-pyrrole nitrogens is 1. The molecular weight excluding hydrogens is 372 g/mol. The van der Waals surface area contributed by atoms with Crippen LogP contribution in [0.5, 0.6) is 0 Å². The van der Waals surface area contributed by atoms with Crippen LogP contribution >= 0.6 is 31.9 Å². The highest BCUT2D eigenvalue weighted by atomic mass is 79.9. The van der Waals surface area contributed by atoms with Gasteiger partial charge in [-0.3, -0.25) is 4.79 Å². The van der Waals surface area contributed by atoms with Crippen molar-refractivity contribution in [1.29, 1.82) is 0 Å². The lowest BCUT2D eigenvalue weighted by Gasteiger charge is -2.27. The van der Waals surface area contributed by atoms with E-state index in [1.807, 2.05) is 29.2 Å². The first kappa shape index (κ1) is 12.9. The van der Waals surface area contributed by atoms with Crippen molar-refractivity contribution in [1.82, 2.24) is 9.88 Å². The number of aromatic nitrogens is 1. The summed E-state index contributed by atoms with van der Waals surface area (Å²) in [6.07, 6.45) is 0.876. The monoisotopic (exact) mass is 382 g/mol. The number of nitrogens with zero attached hydrogens (tertiary/aromatic N) is 1. The van der Waals surface area contributed by atoms with Crippen LogP contribution < -0.4 is 0 Å². The Morgan fingerprint density at radius 1 is 1.26 bits per heavy atom.